The lowest BCUT2D eigenvalue weighted by Crippen LogP contribution is -2.49. The van der Waals surface area contributed by atoms with Gasteiger partial charge in [-0.25, -0.2) is 9.79 Å². The first kappa shape index (κ1) is 21.8. The van der Waals surface area contributed by atoms with E-state index in [4.69, 9.17) is 4.74 Å². The average molecular weight is 404 g/mol. The second kappa shape index (κ2) is 9.65. The topological polar surface area (TPSA) is 83.8 Å². The number of hydrogen-bond acceptors (Lipinski definition) is 4. The van der Waals surface area contributed by atoms with Gasteiger partial charge in [-0.15, -0.1) is 0 Å². The van der Waals surface area contributed by atoms with Crippen molar-refractivity contribution in [3.05, 3.63) is 17.5 Å². The number of amides is 1. The summed E-state index contributed by atoms with van der Waals surface area (Å²) in [5.74, 6) is 0.439. The van der Waals surface area contributed by atoms with Crippen molar-refractivity contribution in [2.45, 2.75) is 45.5 Å². The van der Waals surface area contributed by atoms with Crippen molar-refractivity contribution in [2.75, 3.05) is 26.2 Å². The molecule has 0 radical (unpaired) electrons. The summed E-state index contributed by atoms with van der Waals surface area (Å²) >= 11 is 0. The highest BCUT2D eigenvalue weighted by atomic mass is 19.4. The van der Waals surface area contributed by atoms with E-state index in [2.05, 4.69) is 20.7 Å². The minimum absolute atomic E-state index is 0.0179. The molecule has 2 heterocycles. The smallest absolute Gasteiger partial charge is 0.435 e. The maximum atomic E-state index is 13.1. The number of alkyl halides is 3. The zero-order valence-electron chi connectivity index (χ0n) is 16.3. The van der Waals surface area contributed by atoms with E-state index in [0.717, 1.165) is 4.68 Å². The van der Waals surface area contributed by atoms with Crippen LogP contribution in [0, 0.1) is 0 Å². The summed E-state index contributed by atoms with van der Waals surface area (Å²) in [6.07, 6.45) is -2.11. The Morgan fingerprint density at radius 2 is 2.04 bits per heavy atom. The molecule has 1 fully saturated rings. The van der Waals surface area contributed by atoms with Gasteiger partial charge in [0.25, 0.3) is 0 Å². The van der Waals surface area contributed by atoms with Crippen LogP contribution in [-0.2, 0) is 24.5 Å². The number of rotatable bonds is 5. The molecule has 1 aliphatic heterocycles. The third kappa shape index (κ3) is 6.03. The van der Waals surface area contributed by atoms with Gasteiger partial charge in [0.2, 0.25) is 0 Å². The fourth-order valence-corrected chi connectivity index (χ4v) is 2.99. The molecule has 1 aliphatic rings. The van der Waals surface area contributed by atoms with Gasteiger partial charge in [-0.3, -0.25) is 4.68 Å². The number of aliphatic imine (C=N–C) groups is 1. The van der Waals surface area contributed by atoms with Crippen LogP contribution in [-0.4, -0.2) is 59.0 Å². The molecule has 0 atom stereocenters. The van der Waals surface area contributed by atoms with Crippen molar-refractivity contribution in [2.24, 2.45) is 12.0 Å². The molecule has 0 bridgehead atoms. The first-order valence-corrected chi connectivity index (χ1v) is 9.30. The van der Waals surface area contributed by atoms with Gasteiger partial charge in [0, 0.05) is 44.5 Å². The van der Waals surface area contributed by atoms with E-state index < -0.39 is 11.9 Å². The molecule has 0 aliphatic carbocycles. The van der Waals surface area contributed by atoms with Crippen molar-refractivity contribution in [1.82, 2.24) is 25.3 Å². The van der Waals surface area contributed by atoms with E-state index in [0.29, 0.717) is 45.0 Å². The fourth-order valence-electron chi connectivity index (χ4n) is 2.99. The molecule has 11 heteroatoms. The van der Waals surface area contributed by atoms with E-state index >= 15 is 0 Å². The highest BCUT2D eigenvalue weighted by Gasteiger charge is 2.36. The summed E-state index contributed by atoms with van der Waals surface area (Å²) in [6, 6.07) is 0.0689. The molecule has 1 saturated heterocycles. The molecule has 1 aromatic heterocycles. The molecule has 28 heavy (non-hydrogen) atoms. The van der Waals surface area contributed by atoms with Gasteiger partial charge in [0.05, 0.1) is 13.2 Å². The monoisotopic (exact) mass is 404 g/mol. The third-order valence-corrected chi connectivity index (χ3v) is 4.29. The van der Waals surface area contributed by atoms with Crippen LogP contribution in [0.25, 0.3) is 0 Å². The summed E-state index contributed by atoms with van der Waals surface area (Å²) in [4.78, 5) is 17.7. The van der Waals surface area contributed by atoms with Gasteiger partial charge < -0.3 is 20.3 Å². The Kier molecular flexibility index (Phi) is 7.53. The number of nitrogens with one attached hydrogen (secondary N) is 2. The Morgan fingerprint density at radius 1 is 1.36 bits per heavy atom. The highest BCUT2D eigenvalue weighted by Crippen LogP contribution is 2.30. The van der Waals surface area contributed by atoms with Crippen LogP contribution in [0.1, 0.15) is 37.9 Å². The molecule has 0 aromatic carbocycles. The number of ether oxygens (including phenoxy) is 1. The molecule has 0 saturated carbocycles. The molecule has 2 N–H and O–H groups in total. The van der Waals surface area contributed by atoms with Crippen molar-refractivity contribution in [1.29, 1.82) is 0 Å². The van der Waals surface area contributed by atoms with Gasteiger partial charge in [-0.2, -0.15) is 18.3 Å². The lowest BCUT2D eigenvalue weighted by Gasteiger charge is -2.32. The van der Waals surface area contributed by atoms with Crippen molar-refractivity contribution < 1.29 is 22.7 Å². The summed E-state index contributed by atoms with van der Waals surface area (Å²) < 4.78 is 45.3. The number of piperidine rings is 1. The number of carbonyl (C=O) groups excluding carboxylic acids is 1. The van der Waals surface area contributed by atoms with Crippen LogP contribution in [0.2, 0.25) is 0 Å². The van der Waals surface area contributed by atoms with Crippen molar-refractivity contribution >= 4 is 12.1 Å². The molecule has 2 rings (SSSR count). The van der Waals surface area contributed by atoms with E-state index in [9.17, 15) is 18.0 Å². The number of guanidine groups is 1. The molecule has 0 unspecified atom stereocenters. The lowest BCUT2D eigenvalue weighted by atomic mass is 10.1. The highest BCUT2D eigenvalue weighted by molar-refractivity contribution is 5.80. The van der Waals surface area contributed by atoms with Gasteiger partial charge >= 0.3 is 12.3 Å². The number of hydrogen-bond donors (Lipinski definition) is 2. The minimum atomic E-state index is -4.52. The molecule has 0 spiro atoms. The van der Waals surface area contributed by atoms with Crippen molar-refractivity contribution in [3.63, 3.8) is 0 Å². The molecular weight excluding hydrogens is 377 g/mol. The second-order valence-electron chi connectivity index (χ2n) is 6.47. The van der Waals surface area contributed by atoms with Crippen molar-refractivity contribution in [3.8, 4) is 0 Å². The number of carbonyl (C=O) groups is 1. The Labute approximate surface area is 162 Å². The van der Waals surface area contributed by atoms with Crippen LogP contribution in [0.15, 0.2) is 11.2 Å². The van der Waals surface area contributed by atoms with E-state index in [1.54, 1.807) is 11.8 Å². The SMILES string of the molecule is CCNC(=NCc1cn(C)nc1C(F)(F)F)NC1CCN(C(=O)OCC)CC1. The molecular formula is C17H27F3N6O2. The van der Waals surface area contributed by atoms with E-state index in [-0.39, 0.29) is 24.2 Å². The standard InChI is InChI=1S/C17H27F3N6O2/c1-4-21-15(22-10-12-11-25(3)24-14(12)17(18,19)20)23-13-6-8-26(9-7-13)16(27)28-5-2/h11,13H,4-10H2,1-3H3,(H2,21,22,23). The number of halogens is 3. The Hall–Kier alpha value is -2.46. The summed E-state index contributed by atoms with van der Waals surface area (Å²) in [6.45, 7) is 5.52. The van der Waals surface area contributed by atoms with Gasteiger partial charge in [-0.05, 0) is 26.7 Å². The number of likely N-dealkylation sites (tertiary alicyclic amines) is 1. The van der Waals surface area contributed by atoms with Crippen LogP contribution in [0.3, 0.4) is 0 Å². The summed E-state index contributed by atoms with van der Waals surface area (Å²) in [7, 11) is 1.45. The minimum Gasteiger partial charge on any atom is -0.450 e. The van der Waals surface area contributed by atoms with Gasteiger partial charge in [0.1, 0.15) is 0 Å². The zero-order valence-corrected chi connectivity index (χ0v) is 16.3. The Morgan fingerprint density at radius 3 is 2.61 bits per heavy atom. The fraction of sp³-hybridized carbons (Fsp3) is 0.706. The quantitative estimate of drug-likeness (QED) is 0.580. The maximum absolute atomic E-state index is 13.1. The normalized spacial score (nSPS) is 16.2. The van der Waals surface area contributed by atoms with Crippen LogP contribution in [0.4, 0.5) is 18.0 Å². The van der Waals surface area contributed by atoms with Crippen LogP contribution < -0.4 is 10.6 Å². The van der Waals surface area contributed by atoms with Gasteiger partial charge in [0.15, 0.2) is 11.7 Å². The maximum Gasteiger partial charge on any atom is 0.435 e. The third-order valence-electron chi connectivity index (χ3n) is 4.29. The predicted molar refractivity (Wildman–Crippen MR) is 97.8 cm³/mol. The van der Waals surface area contributed by atoms with Crippen LogP contribution >= 0.6 is 0 Å². The Balaban J connectivity index is 1.98. The largest absolute Gasteiger partial charge is 0.450 e. The molecule has 8 nitrogen and oxygen atoms in total. The lowest BCUT2D eigenvalue weighted by molar-refractivity contribution is -0.142. The Bertz CT molecular complexity index is 681. The molecule has 1 aromatic rings. The predicted octanol–water partition coefficient (Wildman–Crippen LogP) is 2.11. The zero-order chi connectivity index (χ0) is 20.7. The first-order valence-electron chi connectivity index (χ1n) is 9.30. The number of nitrogens with zero attached hydrogens (tertiary/aromatic N) is 4. The van der Waals surface area contributed by atoms with Gasteiger partial charge in [-0.1, -0.05) is 0 Å². The molecule has 1 amide bonds. The molecule has 158 valence electrons. The van der Waals surface area contributed by atoms with E-state index in [1.165, 1.54) is 13.2 Å². The average Bonchev–Trinajstić information content (AvgIpc) is 3.02. The van der Waals surface area contributed by atoms with E-state index in [1.807, 2.05) is 6.92 Å². The summed E-state index contributed by atoms with van der Waals surface area (Å²) in [5, 5.41) is 9.77. The number of aryl methyl sites for hydroxylation is 1. The summed E-state index contributed by atoms with van der Waals surface area (Å²) in [5.41, 5.74) is -0.901. The van der Waals surface area contributed by atoms with Crippen LogP contribution in [0.5, 0.6) is 0 Å². The number of aromatic nitrogens is 2. The second-order valence-corrected chi connectivity index (χ2v) is 6.47. The first-order chi connectivity index (χ1) is 13.2.